The minimum Gasteiger partial charge on any atom is -0.490 e. The molecule has 0 bridgehead atoms. The highest BCUT2D eigenvalue weighted by Gasteiger charge is 2.24. The van der Waals surface area contributed by atoms with Crippen LogP contribution in [0.25, 0.3) is 6.08 Å². The molecular formula is C19H16F2N2O3S. The Balaban J connectivity index is 1.82. The van der Waals surface area contributed by atoms with Crippen LogP contribution >= 0.6 is 11.8 Å². The van der Waals surface area contributed by atoms with Crippen molar-refractivity contribution in [2.24, 2.45) is 4.99 Å². The Labute approximate surface area is 159 Å². The molecule has 1 saturated heterocycles. The summed E-state index contributed by atoms with van der Waals surface area (Å²) in [5, 5.41) is 3.17. The molecule has 1 aliphatic heterocycles. The standard InChI is InChI=1S/C19H16F2N2O3S/c1-2-25-15-10-12(8-9-14(15)26-18(20)21)11-16-17(24)23-19(27-16)22-13-6-4-3-5-7-13/h3-11,18H,2H2,1H3,(H,22,23,24)/b16-11-. The van der Waals surface area contributed by atoms with Crippen LogP contribution in [0.3, 0.4) is 0 Å². The lowest BCUT2D eigenvalue weighted by molar-refractivity contribution is -0.115. The largest absolute Gasteiger partial charge is 0.490 e. The fourth-order valence-electron chi connectivity index (χ4n) is 2.33. The van der Waals surface area contributed by atoms with Crippen LogP contribution in [0.5, 0.6) is 11.5 Å². The van der Waals surface area contributed by atoms with Crippen molar-refractivity contribution < 1.29 is 23.0 Å². The number of carbonyl (C=O) groups is 1. The van der Waals surface area contributed by atoms with Crippen LogP contribution in [0.15, 0.2) is 58.4 Å². The van der Waals surface area contributed by atoms with Crippen molar-refractivity contribution in [3.8, 4) is 11.5 Å². The van der Waals surface area contributed by atoms with Crippen molar-refractivity contribution in [2.75, 3.05) is 6.61 Å². The second-order valence-electron chi connectivity index (χ2n) is 5.33. The minimum absolute atomic E-state index is 0.0520. The number of nitrogens with zero attached hydrogens (tertiary/aromatic N) is 1. The zero-order valence-corrected chi connectivity index (χ0v) is 15.1. The molecule has 1 fully saturated rings. The van der Waals surface area contributed by atoms with E-state index in [2.05, 4.69) is 15.0 Å². The van der Waals surface area contributed by atoms with Crippen LogP contribution in [0.1, 0.15) is 12.5 Å². The van der Waals surface area contributed by atoms with E-state index in [4.69, 9.17) is 4.74 Å². The molecule has 2 aromatic carbocycles. The van der Waals surface area contributed by atoms with E-state index in [1.54, 1.807) is 25.1 Å². The van der Waals surface area contributed by atoms with Gasteiger partial charge in [-0.15, -0.1) is 0 Å². The predicted octanol–water partition coefficient (Wildman–Crippen LogP) is 4.58. The highest BCUT2D eigenvalue weighted by atomic mass is 32.2. The van der Waals surface area contributed by atoms with Crippen LogP contribution in [0.2, 0.25) is 0 Å². The lowest BCUT2D eigenvalue weighted by Crippen LogP contribution is -2.19. The molecule has 0 unspecified atom stereocenters. The number of para-hydroxylation sites is 1. The molecule has 1 N–H and O–H groups in total. The average molecular weight is 390 g/mol. The first kappa shape index (κ1) is 18.9. The monoisotopic (exact) mass is 390 g/mol. The Bertz CT molecular complexity index is 886. The van der Waals surface area contributed by atoms with Crippen molar-refractivity contribution >= 4 is 34.6 Å². The Hall–Kier alpha value is -2.87. The van der Waals surface area contributed by atoms with E-state index in [0.717, 1.165) is 5.69 Å². The summed E-state index contributed by atoms with van der Waals surface area (Å²) >= 11 is 1.20. The lowest BCUT2D eigenvalue weighted by Gasteiger charge is -2.11. The molecule has 27 heavy (non-hydrogen) atoms. The first-order valence-corrected chi connectivity index (χ1v) is 8.93. The number of nitrogens with one attached hydrogen (secondary N) is 1. The van der Waals surface area contributed by atoms with Crippen molar-refractivity contribution in [3.63, 3.8) is 0 Å². The molecule has 5 nitrogen and oxygen atoms in total. The number of ether oxygens (including phenoxy) is 2. The second-order valence-corrected chi connectivity index (χ2v) is 6.37. The number of amidine groups is 1. The first-order valence-electron chi connectivity index (χ1n) is 8.11. The van der Waals surface area contributed by atoms with Gasteiger partial charge in [0.2, 0.25) is 0 Å². The van der Waals surface area contributed by atoms with Gasteiger partial charge >= 0.3 is 6.61 Å². The van der Waals surface area contributed by atoms with Gasteiger partial charge in [-0.25, -0.2) is 4.99 Å². The molecule has 0 atom stereocenters. The summed E-state index contributed by atoms with van der Waals surface area (Å²) in [5.41, 5.74) is 1.35. The number of amides is 1. The van der Waals surface area contributed by atoms with Gasteiger partial charge in [0.25, 0.3) is 5.91 Å². The van der Waals surface area contributed by atoms with Crippen LogP contribution in [0, 0.1) is 0 Å². The number of thioether (sulfide) groups is 1. The SMILES string of the molecule is CCOc1cc(/C=C2\SC(=Nc3ccccc3)NC2=O)ccc1OC(F)F. The number of alkyl halides is 2. The van der Waals surface area contributed by atoms with E-state index in [0.29, 0.717) is 22.2 Å². The Morgan fingerprint density at radius 3 is 2.67 bits per heavy atom. The smallest absolute Gasteiger partial charge is 0.387 e. The Kier molecular flexibility index (Phi) is 6.08. The number of hydrogen-bond donors (Lipinski definition) is 1. The molecule has 1 heterocycles. The van der Waals surface area contributed by atoms with Crippen molar-refractivity contribution in [2.45, 2.75) is 13.5 Å². The average Bonchev–Trinajstić information content (AvgIpc) is 2.97. The highest BCUT2D eigenvalue weighted by molar-refractivity contribution is 8.18. The van der Waals surface area contributed by atoms with Crippen LogP contribution in [-0.2, 0) is 4.79 Å². The number of benzene rings is 2. The highest BCUT2D eigenvalue weighted by Crippen LogP contribution is 2.33. The fraction of sp³-hybridized carbons (Fsp3) is 0.158. The third kappa shape index (κ3) is 5.07. The summed E-state index contributed by atoms with van der Waals surface area (Å²) < 4.78 is 34.8. The maximum absolute atomic E-state index is 12.5. The molecule has 1 amide bonds. The van der Waals surface area contributed by atoms with Gasteiger partial charge in [-0.1, -0.05) is 24.3 Å². The van der Waals surface area contributed by atoms with Gasteiger partial charge < -0.3 is 14.8 Å². The van der Waals surface area contributed by atoms with Crippen molar-refractivity contribution in [3.05, 3.63) is 59.0 Å². The molecular weight excluding hydrogens is 374 g/mol. The van der Waals surface area contributed by atoms with Gasteiger partial charge in [0.1, 0.15) is 0 Å². The lowest BCUT2D eigenvalue weighted by atomic mass is 10.2. The van der Waals surface area contributed by atoms with Gasteiger partial charge in [0.05, 0.1) is 17.2 Å². The molecule has 2 aromatic rings. The van der Waals surface area contributed by atoms with Crippen LogP contribution in [0.4, 0.5) is 14.5 Å². The van der Waals surface area contributed by atoms with E-state index >= 15 is 0 Å². The zero-order valence-electron chi connectivity index (χ0n) is 14.3. The molecule has 0 spiro atoms. The number of hydrogen-bond acceptors (Lipinski definition) is 5. The summed E-state index contributed by atoms with van der Waals surface area (Å²) in [6, 6.07) is 13.8. The van der Waals surface area contributed by atoms with E-state index in [-0.39, 0.29) is 17.4 Å². The normalized spacial score (nSPS) is 16.8. The van der Waals surface area contributed by atoms with E-state index in [1.165, 1.54) is 17.8 Å². The summed E-state index contributed by atoms with van der Waals surface area (Å²) in [7, 11) is 0. The topological polar surface area (TPSA) is 59.9 Å². The number of aliphatic imine (C=N–C) groups is 1. The molecule has 1 aliphatic rings. The molecule has 0 saturated carbocycles. The Morgan fingerprint density at radius 1 is 1.19 bits per heavy atom. The fourth-order valence-corrected chi connectivity index (χ4v) is 3.17. The third-order valence-electron chi connectivity index (χ3n) is 3.42. The summed E-state index contributed by atoms with van der Waals surface area (Å²) in [4.78, 5) is 17.0. The van der Waals surface area contributed by atoms with Crippen molar-refractivity contribution in [1.82, 2.24) is 5.32 Å². The van der Waals surface area contributed by atoms with Gasteiger partial charge in [0, 0.05) is 0 Å². The predicted molar refractivity (Wildman–Crippen MR) is 101 cm³/mol. The number of carbonyl (C=O) groups excluding carboxylic acids is 1. The molecule has 0 aliphatic carbocycles. The first-order chi connectivity index (χ1) is 13.0. The maximum atomic E-state index is 12.5. The molecule has 140 valence electrons. The minimum atomic E-state index is -2.94. The zero-order chi connectivity index (χ0) is 19.2. The van der Waals surface area contributed by atoms with Gasteiger partial charge in [-0.2, -0.15) is 8.78 Å². The quantitative estimate of drug-likeness (QED) is 0.734. The third-order valence-corrected chi connectivity index (χ3v) is 4.33. The summed E-state index contributed by atoms with van der Waals surface area (Å²) in [6.07, 6.45) is 1.64. The number of halogens is 2. The molecule has 8 heteroatoms. The summed E-state index contributed by atoms with van der Waals surface area (Å²) in [5.74, 6) is -0.141. The summed E-state index contributed by atoms with van der Waals surface area (Å²) in [6.45, 7) is -0.909. The molecule has 3 rings (SSSR count). The van der Waals surface area contributed by atoms with Crippen molar-refractivity contribution in [1.29, 1.82) is 0 Å². The second kappa shape index (κ2) is 8.68. The van der Waals surface area contributed by atoms with E-state index in [9.17, 15) is 13.6 Å². The van der Waals surface area contributed by atoms with Gasteiger partial charge in [-0.05, 0) is 54.6 Å². The maximum Gasteiger partial charge on any atom is 0.387 e. The number of rotatable bonds is 6. The Morgan fingerprint density at radius 2 is 1.96 bits per heavy atom. The van der Waals surface area contributed by atoms with E-state index < -0.39 is 6.61 Å². The molecule has 0 radical (unpaired) electrons. The van der Waals surface area contributed by atoms with E-state index in [1.807, 2.05) is 30.3 Å². The van der Waals surface area contributed by atoms with Gasteiger partial charge in [0.15, 0.2) is 16.7 Å². The van der Waals surface area contributed by atoms with Crippen LogP contribution < -0.4 is 14.8 Å². The van der Waals surface area contributed by atoms with Crippen LogP contribution in [-0.4, -0.2) is 24.3 Å². The molecule has 0 aromatic heterocycles. The van der Waals surface area contributed by atoms with Gasteiger partial charge in [-0.3, -0.25) is 4.79 Å².